The van der Waals surface area contributed by atoms with E-state index in [1.165, 1.54) is 6.07 Å². The summed E-state index contributed by atoms with van der Waals surface area (Å²) in [6, 6.07) is 2.85. The first-order chi connectivity index (χ1) is 8.42. The molecule has 0 spiro atoms. The minimum Gasteiger partial charge on any atom is -0.486 e. The van der Waals surface area contributed by atoms with Crippen LogP contribution in [0.5, 0.6) is 11.5 Å². The molecule has 1 N–H and O–H groups in total. The smallest absolute Gasteiger partial charge is 0.304 e. The molecule has 1 aliphatic heterocycles. The monoisotopic (exact) mass is 254 g/mol. The van der Waals surface area contributed by atoms with Gasteiger partial charge >= 0.3 is 5.97 Å². The minimum absolute atomic E-state index is 0.0611. The minimum atomic E-state index is -0.908. The summed E-state index contributed by atoms with van der Waals surface area (Å²) in [4.78, 5) is 10.9. The first-order valence-electron chi connectivity index (χ1n) is 5.72. The van der Waals surface area contributed by atoms with Gasteiger partial charge in [-0.05, 0) is 6.07 Å². The molecular formula is C13H15FO4. The molecule has 18 heavy (non-hydrogen) atoms. The van der Waals surface area contributed by atoms with Gasteiger partial charge in [-0.3, -0.25) is 4.79 Å². The van der Waals surface area contributed by atoms with Crippen molar-refractivity contribution in [2.45, 2.75) is 25.7 Å². The van der Waals surface area contributed by atoms with E-state index < -0.39 is 17.2 Å². The van der Waals surface area contributed by atoms with Crippen molar-refractivity contribution >= 4 is 5.97 Å². The molecular weight excluding hydrogens is 239 g/mol. The molecule has 1 heterocycles. The number of rotatable bonds is 3. The third-order valence-electron chi connectivity index (χ3n) is 2.96. The topological polar surface area (TPSA) is 55.8 Å². The largest absolute Gasteiger partial charge is 0.486 e. The second-order valence-corrected chi connectivity index (χ2v) is 4.90. The second kappa shape index (κ2) is 4.48. The van der Waals surface area contributed by atoms with Gasteiger partial charge in [0, 0.05) is 11.0 Å². The fourth-order valence-corrected chi connectivity index (χ4v) is 2.11. The quantitative estimate of drug-likeness (QED) is 0.899. The Balaban J connectivity index is 2.48. The average molecular weight is 254 g/mol. The summed E-state index contributed by atoms with van der Waals surface area (Å²) < 4.78 is 24.3. The van der Waals surface area contributed by atoms with Gasteiger partial charge in [-0.2, -0.15) is 0 Å². The fraction of sp³-hybridized carbons (Fsp3) is 0.462. The van der Waals surface area contributed by atoms with Crippen molar-refractivity contribution in [2.24, 2.45) is 0 Å². The SMILES string of the molecule is CC(C)(CC(=O)O)c1ccc(F)c2c1OCCO2. The molecule has 98 valence electrons. The van der Waals surface area contributed by atoms with Crippen LogP contribution in [0, 0.1) is 5.82 Å². The van der Waals surface area contributed by atoms with E-state index in [1.54, 1.807) is 19.9 Å². The Bertz CT molecular complexity index is 482. The molecule has 0 atom stereocenters. The molecule has 5 heteroatoms. The lowest BCUT2D eigenvalue weighted by Crippen LogP contribution is -2.25. The van der Waals surface area contributed by atoms with Crippen LogP contribution in [-0.2, 0) is 10.2 Å². The lowest BCUT2D eigenvalue weighted by molar-refractivity contribution is -0.138. The molecule has 0 unspecified atom stereocenters. The zero-order chi connectivity index (χ0) is 13.3. The first-order valence-corrected chi connectivity index (χ1v) is 5.72. The first kappa shape index (κ1) is 12.7. The summed E-state index contributed by atoms with van der Waals surface area (Å²) in [5, 5.41) is 8.92. The highest BCUT2D eigenvalue weighted by Gasteiger charge is 2.31. The van der Waals surface area contributed by atoms with E-state index in [4.69, 9.17) is 14.6 Å². The van der Waals surface area contributed by atoms with Gasteiger partial charge < -0.3 is 14.6 Å². The van der Waals surface area contributed by atoms with Crippen LogP contribution in [0.4, 0.5) is 4.39 Å². The lowest BCUT2D eigenvalue weighted by Gasteiger charge is -2.29. The van der Waals surface area contributed by atoms with Gasteiger partial charge in [-0.15, -0.1) is 0 Å². The van der Waals surface area contributed by atoms with Crippen molar-refractivity contribution < 1.29 is 23.8 Å². The molecule has 2 rings (SSSR count). The number of hydrogen-bond acceptors (Lipinski definition) is 3. The van der Waals surface area contributed by atoms with Crippen molar-refractivity contribution in [3.05, 3.63) is 23.5 Å². The van der Waals surface area contributed by atoms with Crippen LogP contribution in [0.15, 0.2) is 12.1 Å². The third-order valence-corrected chi connectivity index (χ3v) is 2.96. The molecule has 0 saturated heterocycles. The molecule has 1 aliphatic rings. The van der Waals surface area contributed by atoms with E-state index in [9.17, 15) is 9.18 Å². The van der Waals surface area contributed by atoms with Crippen molar-refractivity contribution in [3.8, 4) is 11.5 Å². The number of aliphatic carboxylic acids is 1. The molecule has 0 saturated carbocycles. The Morgan fingerprint density at radius 2 is 1.94 bits per heavy atom. The zero-order valence-electron chi connectivity index (χ0n) is 10.3. The number of fused-ring (bicyclic) bond motifs is 1. The number of hydrogen-bond donors (Lipinski definition) is 1. The molecule has 0 aliphatic carbocycles. The van der Waals surface area contributed by atoms with Crippen LogP contribution < -0.4 is 9.47 Å². The van der Waals surface area contributed by atoms with Gasteiger partial charge in [0.1, 0.15) is 13.2 Å². The van der Waals surface area contributed by atoms with E-state index in [0.29, 0.717) is 24.5 Å². The van der Waals surface area contributed by atoms with Crippen LogP contribution in [0.2, 0.25) is 0 Å². The van der Waals surface area contributed by atoms with E-state index in [2.05, 4.69) is 0 Å². The van der Waals surface area contributed by atoms with Gasteiger partial charge in [0.25, 0.3) is 0 Å². The lowest BCUT2D eigenvalue weighted by atomic mass is 9.80. The Morgan fingerprint density at radius 1 is 1.33 bits per heavy atom. The summed E-state index contributed by atoms with van der Waals surface area (Å²) >= 11 is 0. The maximum Gasteiger partial charge on any atom is 0.304 e. The summed E-state index contributed by atoms with van der Waals surface area (Å²) in [6.45, 7) is 4.21. The molecule has 4 nitrogen and oxygen atoms in total. The maximum absolute atomic E-state index is 13.6. The molecule has 1 aromatic carbocycles. The average Bonchev–Trinajstić information content (AvgIpc) is 2.27. The third kappa shape index (κ3) is 2.25. The van der Waals surface area contributed by atoms with Gasteiger partial charge in [0.2, 0.25) is 0 Å². The van der Waals surface area contributed by atoms with E-state index in [-0.39, 0.29) is 12.2 Å². The predicted octanol–water partition coefficient (Wildman–Crippen LogP) is 2.35. The van der Waals surface area contributed by atoms with Crippen molar-refractivity contribution in [1.29, 1.82) is 0 Å². The van der Waals surface area contributed by atoms with Gasteiger partial charge in [0.05, 0.1) is 6.42 Å². The molecule has 0 fully saturated rings. The highest BCUT2D eigenvalue weighted by Crippen LogP contribution is 2.43. The van der Waals surface area contributed by atoms with Crippen molar-refractivity contribution in [2.75, 3.05) is 13.2 Å². The van der Waals surface area contributed by atoms with E-state index in [1.807, 2.05) is 0 Å². The molecule has 0 aromatic heterocycles. The van der Waals surface area contributed by atoms with Crippen LogP contribution >= 0.6 is 0 Å². The van der Waals surface area contributed by atoms with Crippen LogP contribution in [0.3, 0.4) is 0 Å². The number of benzene rings is 1. The summed E-state index contributed by atoms with van der Waals surface area (Å²) in [5.74, 6) is -0.987. The Kier molecular flexibility index (Phi) is 3.15. The zero-order valence-corrected chi connectivity index (χ0v) is 10.3. The van der Waals surface area contributed by atoms with Gasteiger partial charge in [0.15, 0.2) is 17.3 Å². The number of carboxylic acids is 1. The summed E-state index contributed by atoms with van der Waals surface area (Å²) in [6.07, 6.45) is -0.0611. The Hall–Kier alpha value is -1.78. The van der Waals surface area contributed by atoms with Gasteiger partial charge in [-0.25, -0.2) is 4.39 Å². The van der Waals surface area contributed by atoms with Crippen molar-refractivity contribution in [1.82, 2.24) is 0 Å². The number of carboxylic acid groups (broad SMARTS) is 1. The molecule has 0 amide bonds. The number of ether oxygens (including phenoxy) is 2. The Morgan fingerprint density at radius 3 is 2.56 bits per heavy atom. The highest BCUT2D eigenvalue weighted by molar-refractivity contribution is 5.69. The fourth-order valence-electron chi connectivity index (χ4n) is 2.11. The molecule has 0 bridgehead atoms. The summed E-state index contributed by atoms with van der Waals surface area (Å²) in [7, 11) is 0. The van der Waals surface area contributed by atoms with E-state index >= 15 is 0 Å². The highest BCUT2D eigenvalue weighted by atomic mass is 19.1. The standard InChI is InChI=1S/C13H15FO4/c1-13(2,7-10(15)16)8-3-4-9(14)12-11(8)17-5-6-18-12/h3-4H,5-7H2,1-2H3,(H,15,16). The van der Waals surface area contributed by atoms with Crippen molar-refractivity contribution in [3.63, 3.8) is 0 Å². The molecule has 1 aromatic rings. The van der Waals surface area contributed by atoms with Gasteiger partial charge in [-0.1, -0.05) is 19.9 Å². The second-order valence-electron chi connectivity index (χ2n) is 4.90. The maximum atomic E-state index is 13.6. The number of halogens is 1. The summed E-state index contributed by atoms with van der Waals surface area (Å²) in [5.41, 5.74) is 0.00521. The van der Waals surface area contributed by atoms with E-state index in [0.717, 1.165) is 0 Å². The number of carbonyl (C=O) groups is 1. The van der Waals surface area contributed by atoms with Crippen LogP contribution in [0.1, 0.15) is 25.8 Å². The van der Waals surface area contributed by atoms with Crippen LogP contribution in [0.25, 0.3) is 0 Å². The predicted molar refractivity (Wildman–Crippen MR) is 62.7 cm³/mol. The van der Waals surface area contributed by atoms with Crippen LogP contribution in [-0.4, -0.2) is 24.3 Å². The molecule has 0 radical (unpaired) electrons. The Labute approximate surface area is 104 Å². The normalized spacial score (nSPS) is 14.4.